The maximum Gasteiger partial charge on any atom is 0.0133 e. The highest BCUT2D eigenvalue weighted by molar-refractivity contribution is 5.25. The van der Waals surface area contributed by atoms with Gasteiger partial charge in [-0.2, -0.15) is 0 Å². The van der Waals surface area contributed by atoms with Crippen LogP contribution in [-0.4, -0.2) is 6.04 Å². The quantitative estimate of drug-likeness (QED) is 0.802. The summed E-state index contributed by atoms with van der Waals surface area (Å²) in [6.07, 6.45) is 2.30. The summed E-state index contributed by atoms with van der Waals surface area (Å²) in [6.45, 7) is 9.00. The van der Waals surface area contributed by atoms with Crippen LogP contribution in [-0.2, 0) is 5.41 Å². The average Bonchev–Trinajstić information content (AvgIpc) is 2.29. The van der Waals surface area contributed by atoms with Gasteiger partial charge in [-0.25, -0.2) is 0 Å². The zero-order chi connectivity index (χ0) is 12.2. The van der Waals surface area contributed by atoms with Crippen molar-refractivity contribution in [3.8, 4) is 0 Å². The molecule has 0 bridgehead atoms. The van der Waals surface area contributed by atoms with E-state index in [2.05, 4.69) is 58.0 Å². The molecule has 1 heteroatoms. The van der Waals surface area contributed by atoms with Crippen LogP contribution in [0.15, 0.2) is 30.3 Å². The van der Waals surface area contributed by atoms with Gasteiger partial charge in [-0.3, -0.25) is 0 Å². The first-order chi connectivity index (χ1) is 7.48. The SMILES string of the molecule is CCC(C)CC(N)C(C)(C)c1ccccc1. The van der Waals surface area contributed by atoms with Crippen molar-refractivity contribution in [3.63, 3.8) is 0 Å². The predicted octanol–water partition coefficient (Wildman–Crippen LogP) is 3.73. The van der Waals surface area contributed by atoms with Gasteiger partial charge in [0.2, 0.25) is 0 Å². The van der Waals surface area contributed by atoms with E-state index in [1.54, 1.807) is 0 Å². The highest BCUT2D eigenvalue weighted by atomic mass is 14.7. The molecule has 0 aliphatic rings. The number of hydrogen-bond acceptors (Lipinski definition) is 1. The topological polar surface area (TPSA) is 26.0 Å². The number of nitrogens with two attached hydrogens (primary N) is 1. The van der Waals surface area contributed by atoms with Crippen LogP contribution in [0, 0.1) is 5.92 Å². The third kappa shape index (κ3) is 3.08. The third-order valence-electron chi connectivity index (χ3n) is 3.80. The Balaban J connectivity index is 2.77. The molecule has 1 aromatic rings. The summed E-state index contributed by atoms with van der Waals surface area (Å²) in [6, 6.07) is 10.8. The minimum absolute atomic E-state index is 0.0602. The van der Waals surface area contributed by atoms with Crippen molar-refractivity contribution in [2.75, 3.05) is 0 Å². The molecule has 0 fully saturated rings. The van der Waals surface area contributed by atoms with E-state index in [0.717, 1.165) is 6.42 Å². The molecule has 0 aromatic heterocycles. The molecule has 0 radical (unpaired) electrons. The lowest BCUT2D eigenvalue weighted by Crippen LogP contribution is -2.41. The Hall–Kier alpha value is -0.820. The lowest BCUT2D eigenvalue weighted by Gasteiger charge is -2.33. The zero-order valence-electron chi connectivity index (χ0n) is 11.0. The minimum Gasteiger partial charge on any atom is -0.327 e. The molecule has 0 aliphatic carbocycles. The smallest absolute Gasteiger partial charge is 0.0133 e. The highest BCUT2D eigenvalue weighted by Gasteiger charge is 2.28. The minimum atomic E-state index is 0.0602. The van der Waals surface area contributed by atoms with Gasteiger partial charge in [0.15, 0.2) is 0 Å². The number of hydrogen-bond donors (Lipinski definition) is 1. The van der Waals surface area contributed by atoms with Gasteiger partial charge in [-0.05, 0) is 17.9 Å². The summed E-state index contributed by atoms with van der Waals surface area (Å²) in [4.78, 5) is 0. The highest BCUT2D eigenvalue weighted by Crippen LogP contribution is 2.29. The van der Waals surface area contributed by atoms with Crippen LogP contribution in [0.2, 0.25) is 0 Å². The van der Waals surface area contributed by atoms with E-state index >= 15 is 0 Å². The second-order valence-electron chi connectivity index (χ2n) is 5.44. The molecular formula is C15H25N. The Labute approximate surface area is 100 Å². The molecule has 2 N–H and O–H groups in total. The van der Waals surface area contributed by atoms with Gasteiger partial charge in [0.05, 0.1) is 0 Å². The van der Waals surface area contributed by atoms with Gasteiger partial charge in [0, 0.05) is 11.5 Å². The van der Waals surface area contributed by atoms with E-state index in [1.165, 1.54) is 12.0 Å². The first kappa shape index (κ1) is 13.2. The van der Waals surface area contributed by atoms with Crippen molar-refractivity contribution in [2.45, 2.75) is 52.0 Å². The summed E-state index contributed by atoms with van der Waals surface area (Å²) in [7, 11) is 0. The van der Waals surface area contributed by atoms with E-state index in [1.807, 2.05) is 0 Å². The van der Waals surface area contributed by atoms with Gasteiger partial charge < -0.3 is 5.73 Å². The van der Waals surface area contributed by atoms with Crippen LogP contribution in [0.5, 0.6) is 0 Å². The van der Waals surface area contributed by atoms with Crippen molar-refractivity contribution in [3.05, 3.63) is 35.9 Å². The van der Waals surface area contributed by atoms with Crippen LogP contribution in [0.3, 0.4) is 0 Å². The Morgan fingerprint density at radius 2 is 1.75 bits per heavy atom. The lowest BCUT2D eigenvalue weighted by molar-refractivity contribution is 0.336. The molecular weight excluding hydrogens is 194 g/mol. The molecule has 90 valence electrons. The van der Waals surface area contributed by atoms with Crippen LogP contribution >= 0.6 is 0 Å². The first-order valence-electron chi connectivity index (χ1n) is 6.29. The van der Waals surface area contributed by atoms with Gasteiger partial charge in [0.1, 0.15) is 0 Å². The molecule has 1 aromatic carbocycles. The molecule has 0 aliphatic heterocycles. The van der Waals surface area contributed by atoms with Gasteiger partial charge in [-0.15, -0.1) is 0 Å². The van der Waals surface area contributed by atoms with E-state index in [4.69, 9.17) is 5.73 Å². The van der Waals surface area contributed by atoms with Crippen molar-refractivity contribution < 1.29 is 0 Å². The van der Waals surface area contributed by atoms with Crippen molar-refractivity contribution in [1.82, 2.24) is 0 Å². The van der Waals surface area contributed by atoms with Crippen molar-refractivity contribution >= 4 is 0 Å². The zero-order valence-corrected chi connectivity index (χ0v) is 11.0. The van der Waals surface area contributed by atoms with E-state index in [0.29, 0.717) is 5.92 Å². The molecule has 0 spiro atoms. The maximum atomic E-state index is 6.36. The monoisotopic (exact) mass is 219 g/mol. The largest absolute Gasteiger partial charge is 0.327 e. The lowest BCUT2D eigenvalue weighted by atomic mass is 9.75. The van der Waals surface area contributed by atoms with Crippen molar-refractivity contribution in [2.24, 2.45) is 11.7 Å². The second-order valence-corrected chi connectivity index (χ2v) is 5.44. The van der Waals surface area contributed by atoms with Crippen LogP contribution in [0.1, 0.15) is 46.1 Å². The van der Waals surface area contributed by atoms with E-state index < -0.39 is 0 Å². The summed E-state index contributed by atoms with van der Waals surface area (Å²) in [5.74, 6) is 0.706. The predicted molar refractivity (Wildman–Crippen MR) is 71.5 cm³/mol. The third-order valence-corrected chi connectivity index (χ3v) is 3.80. The normalized spacial score (nSPS) is 15.8. The summed E-state index contributed by atoms with van der Waals surface area (Å²) >= 11 is 0. The molecule has 0 amide bonds. The molecule has 1 rings (SSSR count). The Kier molecular flexibility index (Phi) is 4.55. The van der Waals surface area contributed by atoms with Gasteiger partial charge in [-0.1, -0.05) is 64.4 Å². The summed E-state index contributed by atoms with van der Waals surface area (Å²) < 4.78 is 0. The fourth-order valence-corrected chi connectivity index (χ4v) is 1.98. The molecule has 2 unspecified atom stereocenters. The Bertz CT molecular complexity index is 302. The molecule has 0 saturated heterocycles. The van der Waals surface area contributed by atoms with E-state index in [9.17, 15) is 0 Å². The molecule has 1 nitrogen and oxygen atoms in total. The maximum absolute atomic E-state index is 6.36. The molecule has 16 heavy (non-hydrogen) atoms. The first-order valence-corrected chi connectivity index (χ1v) is 6.29. The fourth-order valence-electron chi connectivity index (χ4n) is 1.98. The molecule has 2 atom stereocenters. The molecule has 0 saturated carbocycles. The van der Waals surface area contributed by atoms with Crippen LogP contribution in [0.25, 0.3) is 0 Å². The van der Waals surface area contributed by atoms with Gasteiger partial charge >= 0.3 is 0 Å². The fraction of sp³-hybridized carbons (Fsp3) is 0.600. The Morgan fingerprint density at radius 3 is 2.25 bits per heavy atom. The van der Waals surface area contributed by atoms with Crippen LogP contribution in [0.4, 0.5) is 0 Å². The summed E-state index contributed by atoms with van der Waals surface area (Å²) in [5.41, 5.74) is 7.76. The number of rotatable bonds is 5. The van der Waals surface area contributed by atoms with Gasteiger partial charge in [0.25, 0.3) is 0 Å². The number of benzene rings is 1. The van der Waals surface area contributed by atoms with Crippen LogP contribution < -0.4 is 5.73 Å². The second kappa shape index (κ2) is 5.49. The van der Waals surface area contributed by atoms with Crippen molar-refractivity contribution in [1.29, 1.82) is 0 Å². The Morgan fingerprint density at radius 1 is 1.19 bits per heavy atom. The molecule has 0 heterocycles. The van der Waals surface area contributed by atoms with E-state index in [-0.39, 0.29) is 11.5 Å². The average molecular weight is 219 g/mol. The standard InChI is InChI=1S/C15H25N/c1-5-12(2)11-14(16)15(3,4)13-9-7-6-8-10-13/h6-10,12,14H,5,11,16H2,1-4H3. The summed E-state index contributed by atoms with van der Waals surface area (Å²) in [5, 5.41) is 0.